The van der Waals surface area contributed by atoms with E-state index in [9.17, 15) is 0 Å². The smallest absolute Gasteiger partial charge is 0.0586 e. The molecule has 0 aromatic carbocycles. The lowest BCUT2D eigenvalue weighted by Crippen LogP contribution is -2.61. The second-order valence-electron chi connectivity index (χ2n) is 7.17. The first kappa shape index (κ1) is 14.8. The fourth-order valence-electron chi connectivity index (χ4n) is 4.37. The van der Waals surface area contributed by atoms with Crippen molar-refractivity contribution in [3.05, 3.63) is 0 Å². The number of hydrogen-bond acceptors (Lipinski definition) is 3. The summed E-state index contributed by atoms with van der Waals surface area (Å²) in [5.41, 5.74) is 0. The molecule has 3 rings (SSSR count). The molecule has 4 atom stereocenters. The molecule has 4 unspecified atom stereocenters. The zero-order valence-corrected chi connectivity index (χ0v) is 13.3. The lowest BCUT2D eigenvalue weighted by molar-refractivity contribution is -0.00532. The summed E-state index contributed by atoms with van der Waals surface area (Å²) < 4.78 is 5.66. The van der Waals surface area contributed by atoms with Crippen molar-refractivity contribution in [1.29, 1.82) is 0 Å². The Morgan fingerprint density at radius 3 is 2.75 bits per heavy atom. The molecule has 1 heterocycles. The normalized spacial score (nSPS) is 39.9. The number of methoxy groups -OCH3 is 1. The van der Waals surface area contributed by atoms with E-state index in [1.807, 2.05) is 7.11 Å². The van der Waals surface area contributed by atoms with Gasteiger partial charge in [-0.05, 0) is 50.9 Å². The van der Waals surface area contributed by atoms with Crippen molar-refractivity contribution in [2.75, 3.05) is 20.2 Å². The van der Waals surface area contributed by atoms with Crippen LogP contribution in [0.25, 0.3) is 0 Å². The topological polar surface area (TPSA) is 24.5 Å². The number of hydrogen-bond donors (Lipinski definition) is 1. The van der Waals surface area contributed by atoms with Gasteiger partial charge in [-0.15, -0.1) is 0 Å². The summed E-state index contributed by atoms with van der Waals surface area (Å²) in [6.07, 6.45) is 11.3. The van der Waals surface area contributed by atoms with Gasteiger partial charge in [-0.1, -0.05) is 13.3 Å². The Morgan fingerprint density at radius 2 is 2.05 bits per heavy atom. The van der Waals surface area contributed by atoms with E-state index in [2.05, 4.69) is 17.1 Å². The van der Waals surface area contributed by atoms with E-state index in [1.165, 1.54) is 64.5 Å². The number of nitrogens with one attached hydrogen (secondary N) is 1. The molecule has 116 valence electrons. The Balaban J connectivity index is 1.65. The van der Waals surface area contributed by atoms with Gasteiger partial charge >= 0.3 is 0 Å². The van der Waals surface area contributed by atoms with E-state index in [-0.39, 0.29) is 0 Å². The van der Waals surface area contributed by atoms with Crippen molar-refractivity contribution in [1.82, 2.24) is 10.2 Å². The maximum atomic E-state index is 5.66. The van der Waals surface area contributed by atoms with Crippen LogP contribution in [0.4, 0.5) is 0 Å². The van der Waals surface area contributed by atoms with Crippen LogP contribution < -0.4 is 5.32 Å². The van der Waals surface area contributed by atoms with Crippen LogP contribution in [0.2, 0.25) is 0 Å². The lowest BCUT2D eigenvalue weighted by Gasteiger charge is -2.47. The van der Waals surface area contributed by atoms with Crippen molar-refractivity contribution in [3.63, 3.8) is 0 Å². The van der Waals surface area contributed by atoms with Gasteiger partial charge in [-0.3, -0.25) is 4.90 Å². The lowest BCUT2D eigenvalue weighted by atomic mass is 9.88. The summed E-state index contributed by atoms with van der Waals surface area (Å²) in [5, 5.41) is 3.81. The van der Waals surface area contributed by atoms with E-state index in [4.69, 9.17) is 4.74 Å². The zero-order valence-electron chi connectivity index (χ0n) is 13.3. The monoisotopic (exact) mass is 280 g/mol. The molecule has 2 saturated carbocycles. The highest BCUT2D eigenvalue weighted by Crippen LogP contribution is 2.39. The van der Waals surface area contributed by atoms with Gasteiger partial charge in [-0.2, -0.15) is 0 Å². The van der Waals surface area contributed by atoms with Gasteiger partial charge in [0.15, 0.2) is 0 Å². The molecule has 1 saturated heterocycles. The Bertz CT molecular complexity index is 305. The van der Waals surface area contributed by atoms with Gasteiger partial charge in [0.25, 0.3) is 0 Å². The van der Waals surface area contributed by atoms with Crippen molar-refractivity contribution >= 4 is 0 Å². The molecule has 0 aromatic heterocycles. The molecule has 3 aliphatic rings. The van der Waals surface area contributed by atoms with Crippen molar-refractivity contribution in [2.45, 2.75) is 82.5 Å². The Morgan fingerprint density at radius 1 is 1.20 bits per heavy atom. The molecular formula is C17H32N2O. The summed E-state index contributed by atoms with van der Waals surface area (Å²) in [6, 6.07) is 2.31. The quantitative estimate of drug-likeness (QED) is 0.838. The minimum atomic E-state index is 0.508. The Kier molecular flexibility index (Phi) is 5.00. The Labute approximate surface area is 124 Å². The van der Waals surface area contributed by atoms with E-state index in [1.54, 1.807) is 0 Å². The van der Waals surface area contributed by atoms with Crippen molar-refractivity contribution in [2.24, 2.45) is 5.92 Å². The largest absolute Gasteiger partial charge is 0.381 e. The molecule has 0 radical (unpaired) electrons. The molecule has 1 aliphatic heterocycles. The van der Waals surface area contributed by atoms with Gasteiger partial charge in [-0.25, -0.2) is 0 Å². The van der Waals surface area contributed by atoms with Crippen molar-refractivity contribution < 1.29 is 4.74 Å². The predicted octanol–water partition coefficient (Wildman–Crippen LogP) is 2.80. The van der Waals surface area contributed by atoms with Crippen LogP contribution >= 0.6 is 0 Å². The summed E-state index contributed by atoms with van der Waals surface area (Å²) in [7, 11) is 1.89. The summed E-state index contributed by atoms with van der Waals surface area (Å²) >= 11 is 0. The molecule has 0 aromatic rings. The molecule has 0 amide bonds. The molecule has 0 bridgehead atoms. The minimum Gasteiger partial charge on any atom is -0.381 e. The third kappa shape index (κ3) is 3.37. The number of nitrogens with zero attached hydrogens (tertiary/aromatic N) is 1. The molecule has 0 spiro atoms. The minimum absolute atomic E-state index is 0.508. The maximum Gasteiger partial charge on any atom is 0.0586 e. The highest BCUT2D eigenvalue weighted by molar-refractivity contribution is 4.98. The van der Waals surface area contributed by atoms with Gasteiger partial charge in [0.05, 0.1) is 6.10 Å². The van der Waals surface area contributed by atoms with Crippen LogP contribution in [0.15, 0.2) is 0 Å². The fraction of sp³-hybridized carbons (Fsp3) is 1.00. The van der Waals surface area contributed by atoms with Crippen LogP contribution in [0.5, 0.6) is 0 Å². The van der Waals surface area contributed by atoms with Gasteiger partial charge < -0.3 is 10.1 Å². The SMILES string of the molecule is CCCC1CN(C2CCCC(OC)C2)C(C2CC2)CN1. The second kappa shape index (κ2) is 6.76. The molecule has 3 heteroatoms. The van der Waals surface area contributed by atoms with Crippen LogP contribution in [0, 0.1) is 5.92 Å². The molecule has 3 fully saturated rings. The van der Waals surface area contributed by atoms with Gasteiger partial charge in [0.1, 0.15) is 0 Å². The van der Waals surface area contributed by atoms with Gasteiger partial charge in [0, 0.05) is 38.3 Å². The average molecular weight is 280 g/mol. The van der Waals surface area contributed by atoms with Crippen LogP contribution in [-0.2, 0) is 4.74 Å². The summed E-state index contributed by atoms with van der Waals surface area (Å²) in [5.74, 6) is 0.980. The highest BCUT2D eigenvalue weighted by atomic mass is 16.5. The summed E-state index contributed by atoms with van der Waals surface area (Å²) in [4.78, 5) is 2.89. The highest BCUT2D eigenvalue weighted by Gasteiger charge is 2.42. The maximum absolute atomic E-state index is 5.66. The van der Waals surface area contributed by atoms with E-state index >= 15 is 0 Å². The third-order valence-corrected chi connectivity index (χ3v) is 5.68. The van der Waals surface area contributed by atoms with Crippen molar-refractivity contribution in [3.8, 4) is 0 Å². The van der Waals surface area contributed by atoms with Crippen LogP contribution in [0.3, 0.4) is 0 Å². The number of ether oxygens (including phenoxy) is 1. The molecule has 20 heavy (non-hydrogen) atoms. The van der Waals surface area contributed by atoms with E-state index < -0.39 is 0 Å². The number of rotatable bonds is 5. The van der Waals surface area contributed by atoms with E-state index in [0.29, 0.717) is 6.10 Å². The first-order valence-corrected chi connectivity index (χ1v) is 8.83. The summed E-state index contributed by atoms with van der Waals surface area (Å²) in [6.45, 7) is 4.81. The standard InChI is InChI=1S/C17H32N2O/c1-3-5-14-12-19(17(11-18-14)13-8-9-13)15-6-4-7-16(10-15)20-2/h13-18H,3-12H2,1-2H3. The van der Waals surface area contributed by atoms with Crippen LogP contribution in [-0.4, -0.2) is 49.3 Å². The first-order valence-electron chi connectivity index (χ1n) is 8.83. The molecule has 1 N–H and O–H groups in total. The Hall–Kier alpha value is -0.120. The predicted molar refractivity (Wildman–Crippen MR) is 83.0 cm³/mol. The molecular weight excluding hydrogens is 248 g/mol. The third-order valence-electron chi connectivity index (χ3n) is 5.68. The number of piperazine rings is 1. The first-order chi connectivity index (χ1) is 9.81. The van der Waals surface area contributed by atoms with Crippen LogP contribution in [0.1, 0.15) is 58.3 Å². The molecule has 2 aliphatic carbocycles. The average Bonchev–Trinajstić information content (AvgIpc) is 3.32. The fourth-order valence-corrected chi connectivity index (χ4v) is 4.37. The second-order valence-corrected chi connectivity index (χ2v) is 7.17. The molecule has 3 nitrogen and oxygen atoms in total. The zero-order chi connectivity index (χ0) is 13.9. The van der Waals surface area contributed by atoms with Gasteiger partial charge in [0.2, 0.25) is 0 Å². The van der Waals surface area contributed by atoms with E-state index in [0.717, 1.165) is 24.0 Å².